The number of rotatable bonds is 5. The van der Waals surface area contributed by atoms with Gasteiger partial charge in [0.15, 0.2) is 0 Å². The molecule has 3 rings (SSSR count). The predicted molar refractivity (Wildman–Crippen MR) is 101 cm³/mol. The van der Waals surface area contributed by atoms with Gasteiger partial charge >= 0.3 is 5.69 Å². The van der Waals surface area contributed by atoms with Crippen LogP contribution in [0.5, 0.6) is 0 Å². The number of aromatic nitrogens is 4. The Bertz CT molecular complexity index is 1030. The molecule has 0 saturated heterocycles. The van der Waals surface area contributed by atoms with Gasteiger partial charge in [0, 0.05) is 30.0 Å². The topological polar surface area (TPSA) is 81.8 Å². The van der Waals surface area contributed by atoms with E-state index in [4.69, 9.17) is 0 Å². The number of imidazole rings is 1. The number of hydrogen-bond donors (Lipinski definition) is 1. The highest BCUT2D eigenvalue weighted by Gasteiger charge is 2.12. The number of aryl methyl sites for hydroxylation is 4. The molecule has 2 heterocycles. The summed E-state index contributed by atoms with van der Waals surface area (Å²) in [7, 11) is 0. The van der Waals surface area contributed by atoms with Gasteiger partial charge in [-0.25, -0.2) is 9.78 Å². The lowest BCUT2D eigenvalue weighted by Crippen LogP contribution is -2.31. The van der Waals surface area contributed by atoms with E-state index in [0.717, 1.165) is 29.8 Å². The number of amides is 1. The Balaban J connectivity index is 1.83. The number of anilines is 1. The number of fused-ring (bicyclic) bond motifs is 1. The predicted octanol–water partition coefficient (Wildman–Crippen LogP) is 2.43. The normalized spacial score (nSPS) is 11.1. The standard InChI is InChI=1S/C19H23N5O2/c1-5-17-22-15-10-14(7-8-16(15)23(17)6-2)21-18(25)11-24-13(4)9-12(3)20-19(24)26/h7-10H,5-6,11H2,1-4H3,(H,21,25). The van der Waals surface area contributed by atoms with Crippen LogP contribution in [-0.2, 0) is 24.3 Å². The Morgan fingerprint density at radius 2 is 1.88 bits per heavy atom. The van der Waals surface area contributed by atoms with Crippen LogP contribution in [0.25, 0.3) is 11.0 Å². The highest BCUT2D eigenvalue weighted by molar-refractivity contribution is 5.93. The first kappa shape index (κ1) is 17.8. The average Bonchev–Trinajstić information content (AvgIpc) is 2.94. The summed E-state index contributed by atoms with van der Waals surface area (Å²) in [4.78, 5) is 32.9. The molecule has 0 bridgehead atoms. The second-order valence-corrected chi connectivity index (χ2v) is 6.29. The fourth-order valence-corrected chi connectivity index (χ4v) is 3.19. The Morgan fingerprint density at radius 1 is 1.12 bits per heavy atom. The van der Waals surface area contributed by atoms with Crippen LogP contribution in [0.2, 0.25) is 0 Å². The minimum Gasteiger partial charge on any atom is -0.328 e. The fraction of sp³-hybridized carbons (Fsp3) is 0.368. The van der Waals surface area contributed by atoms with Crippen molar-refractivity contribution in [3.8, 4) is 0 Å². The van der Waals surface area contributed by atoms with Gasteiger partial charge in [0.1, 0.15) is 12.4 Å². The quantitative estimate of drug-likeness (QED) is 0.764. The molecule has 0 aliphatic carbocycles. The molecule has 1 amide bonds. The Labute approximate surface area is 151 Å². The molecule has 0 aliphatic rings. The van der Waals surface area contributed by atoms with Crippen molar-refractivity contribution >= 4 is 22.6 Å². The highest BCUT2D eigenvalue weighted by Crippen LogP contribution is 2.21. The molecule has 1 N–H and O–H groups in total. The number of carbonyl (C=O) groups is 1. The molecule has 7 nitrogen and oxygen atoms in total. The highest BCUT2D eigenvalue weighted by atomic mass is 16.2. The van der Waals surface area contributed by atoms with E-state index in [-0.39, 0.29) is 12.5 Å². The van der Waals surface area contributed by atoms with E-state index in [1.807, 2.05) is 18.2 Å². The van der Waals surface area contributed by atoms with Crippen molar-refractivity contribution in [3.05, 3.63) is 52.0 Å². The second-order valence-electron chi connectivity index (χ2n) is 6.29. The maximum atomic E-state index is 12.4. The first-order valence-electron chi connectivity index (χ1n) is 8.77. The minimum absolute atomic E-state index is 0.0698. The van der Waals surface area contributed by atoms with Crippen molar-refractivity contribution in [2.45, 2.75) is 47.2 Å². The van der Waals surface area contributed by atoms with E-state index in [1.54, 1.807) is 19.9 Å². The zero-order chi connectivity index (χ0) is 18.8. The molecule has 0 unspecified atom stereocenters. The van der Waals surface area contributed by atoms with E-state index in [2.05, 4.69) is 33.7 Å². The molecule has 0 aliphatic heterocycles. The number of hydrogen-bond acceptors (Lipinski definition) is 4. The first-order chi connectivity index (χ1) is 12.4. The number of nitrogens with zero attached hydrogens (tertiary/aromatic N) is 4. The lowest BCUT2D eigenvalue weighted by molar-refractivity contribution is -0.116. The minimum atomic E-state index is -0.414. The Morgan fingerprint density at radius 3 is 2.54 bits per heavy atom. The number of benzene rings is 1. The molecule has 0 saturated carbocycles. The van der Waals surface area contributed by atoms with E-state index in [9.17, 15) is 9.59 Å². The Hall–Kier alpha value is -2.96. The van der Waals surface area contributed by atoms with Crippen molar-refractivity contribution in [3.63, 3.8) is 0 Å². The maximum Gasteiger partial charge on any atom is 0.348 e. The summed E-state index contributed by atoms with van der Waals surface area (Å²) in [5, 5.41) is 2.84. The molecule has 2 aromatic heterocycles. The lowest BCUT2D eigenvalue weighted by Gasteiger charge is -2.10. The second kappa shape index (κ2) is 7.11. The van der Waals surface area contributed by atoms with Crippen molar-refractivity contribution in [1.82, 2.24) is 19.1 Å². The molecule has 3 aromatic rings. The van der Waals surface area contributed by atoms with Crippen molar-refractivity contribution < 1.29 is 4.79 Å². The summed E-state index contributed by atoms with van der Waals surface area (Å²) < 4.78 is 3.53. The van der Waals surface area contributed by atoms with Gasteiger partial charge in [0.25, 0.3) is 0 Å². The number of nitrogens with one attached hydrogen (secondary N) is 1. The first-order valence-corrected chi connectivity index (χ1v) is 8.77. The molecule has 0 atom stereocenters. The van der Waals surface area contributed by atoms with Crippen LogP contribution >= 0.6 is 0 Å². The molecule has 0 radical (unpaired) electrons. The van der Waals surface area contributed by atoms with E-state index in [0.29, 0.717) is 17.1 Å². The van der Waals surface area contributed by atoms with Crippen LogP contribution in [0.3, 0.4) is 0 Å². The third-order valence-electron chi connectivity index (χ3n) is 4.39. The molecule has 7 heteroatoms. The van der Waals surface area contributed by atoms with Crippen LogP contribution < -0.4 is 11.0 Å². The average molecular weight is 353 g/mol. The van der Waals surface area contributed by atoms with Crippen LogP contribution in [-0.4, -0.2) is 25.0 Å². The fourth-order valence-electron chi connectivity index (χ4n) is 3.19. The summed E-state index contributed by atoms with van der Waals surface area (Å²) in [6.45, 7) is 8.50. The third-order valence-corrected chi connectivity index (χ3v) is 4.39. The monoisotopic (exact) mass is 353 g/mol. The summed E-state index contributed by atoms with van der Waals surface area (Å²) in [6, 6.07) is 7.47. The zero-order valence-electron chi connectivity index (χ0n) is 15.5. The van der Waals surface area contributed by atoms with Gasteiger partial charge < -0.3 is 9.88 Å². The molecule has 26 heavy (non-hydrogen) atoms. The van der Waals surface area contributed by atoms with Gasteiger partial charge in [0.05, 0.1) is 11.0 Å². The summed E-state index contributed by atoms with van der Waals surface area (Å²) in [5.74, 6) is 0.754. The van der Waals surface area contributed by atoms with Crippen molar-refractivity contribution in [2.24, 2.45) is 0 Å². The van der Waals surface area contributed by atoms with E-state index < -0.39 is 5.69 Å². The molecule has 0 spiro atoms. The SMILES string of the molecule is CCc1nc2cc(NC(=O)Cn3c(C)cc(C)nc3=O)ccc2n1CC. The van der Waals surface area contributed by atoms with Gasteiger partial charge in [0.2, 0.25) is 5.91 Å². The molecule has 136 valence electrons. The molecule has 1 aromatic carbocycles. The van der Waals surface area contributed by atoms with Crippen molar-refractivity contribution in [1.29, 1.82) is 0 Å². The summed E-state index contributed by atoms with van der Waals surface area (Å²) in [6.07, 6.45) is 0.854. The smallest absolute Gasteiger partial charge is 0.328 e. The molecular formula is C19H23N5O2. The molecule has 0 fully saturated rings. The van der Waals surface area contributed by atoms with Gasteiger partial charge in [-0.3, -0.25) is 9.36 Å². The van der Waals surface area contributed by atoms with Gasteiger partial charge in [-0.1, -0.05) is 6.92 Å². The van der Waals surface area contributed by atoms with Gasteiger partial charge in [-0.2, -0.15) is 4.98 Å². The van der Waals surface area contributed by atoms with Crippen LogP contribution in [0.4, 0.5) is 5.69 Å². The zero-order valence-corrected chi connectivity index (χ0v) is 15.5. The van der Waals surface area contributed by atoms with Crippen LogP contribution in [0.1, 0.15) is 31.1 Å². The maximum absolute atomic E-state index is 12.4. The Kier molecular flexibility index (Phi) is 4.88. The van der Waals surface area contributed by atoms with E-state index >= 15 is 0 Å². The summed E-state index contributed by atoms with van der Waals surface area (Å²) >= 11 is 0. The third kappa shape index (κ3) is 3.37. The van der Waals surface area contributed by atoms with Crippen LogP contribution in [0, 0.1) is 13.8 Å². The van der Waals surface area contributed by atoms with Crippen LogP contribution in [0.15, 0.2) is 29.1 Å². The van der Waals surface area contributed by atoms with Gasteiger partial charge in [-0.15, -0.1) is 0 Å². The number of carbonyl (C=O) groups excluding carboxylic acids is 1. The molecular weight excluding hydrogens is 330 g/mol. The van der Waals surface area contributed by atoms with Crippen molar-refractivity contribution in [2.75, 3.05) is 5.32 Å². The van der Waals surface area contributed by atoms with E-state index in [1.165, 1.54) is 4.57 Å². The largest absolute Gasteiger partial charge is 0.348 e. The summed E-state index contributed by atoms with van der Waals surface area (Å²) in [5.41, 5.74) is 3.51. The lowest BCUT2D eigenvalue weighted by atomic mass is 10.2. The van der Waals surface area contributed by atoms with Gasteiger partial charge in [-0.05, 0) is 45.0 Å².